The predicted octanol–water partition coefficient (Wildman–Crippen LogP) is 3.37. The Balaban J connectivity index is 1.77. The number of aromatic nitrogens is 1. The Hall–Kier alpha value is -1.25. The van der Waals surface area contributed by atoms with E-state index in [9.17, 15) is 14.7 Å². The first kappa shape index (κ1) is 14.7. The maximum absolute atomic E-state index is 12.2. The average Bonchev–Trinajstić information content (AvgIpc) is 3.01. The molecule has 5 nitrogen and oxygen atoms in total. The number of amides is 1. The molecule has 21 heavy (non-hydrogen) atoms. The van der Waals surface area contributed by atoms with E-state index in [0.29, 0.717) is 12.8 Å². The first-order valence-electron chi connectivity index (χ1n) is 6.26. The van der Waals surface area contributed by atoms with Gasteiger partial charge in [0.1, 0.15) is 16.2 Å². The summed E-state index contributed by atoms with van der Waals surface area (Å²) in [6.07, 6.45) is 1.77. The highest BCUT2D eigenvalue weighted by molar-refractivity contribution is 9.10. The zero-order valence-corrected chi connectivity index (χ0v) is 14.0. The van der Waals surface area contributed by atoms with Crippen molar-refractivity contribution in [2.75, 3.05) is 0 Å². The van der Waals surface area contributed by atoms with Gasteiger partial charge in [0.05, 0.1) is 4.88 Å². The fourth-order valence-corrected chi connectivity index (χ4v) is 4.43. The maximum atomic E-state index is 12.2. The Morgan fingerprint density at radius 2 is 2.10 bits per heavy atom. The monoisotopic (exact) mass is 386 g/mol. The minimum atomic E-state index is -1.10. The minimum Gasteiger partial charge on any atom is -0.480 e. The summed E-state index contributed by atoms with van der Waals surface area (Å²) in [4.78, 5) is 28.7. The molecule has 0 aliphatic heterocycles. The van der Waals surface area contributed by atoms with E-state index in [2.05, 4.69) is 26.2 Å². The van der Waals surface area contributed by atoms with Crippen LogP contribution in [0.2, 0.25) is 0 Å². The molecule has 1 aliphatic rings. The zero-order valence-electron chi connectivity index (χ0n) is 10.8. The molecule has 8 heteroatoms. The van der Waals surface area contributed by atoms with E-state index >= 15 is 0 Å². The Labute approximate surface area is 137 Å². The van der Waals surface area contributed by atoms with Crippen LogP contribution in [0, 0.1) is 0 Å². The SMILES string of the molecule is O=C(NC1(C(=O)O)CCC1)c1csc(-c2cc(Br)cs2)n1. The largest absolute Gasteiger partial charge is 0.480 e. The summed E-state index contributed by atoms with van der Waals surface area (Å²) in [5.41, 5.74) is -0.834. The van der Waals surface area contributed by atoms with Gasteiger partial charge in [-0.2, -0.15) is 0 Å². The molecule has 1 amide bonds. The van der Waals surface area contributed by atoms with Gasteiger partial charge in [-0.15, -0.1) is 22.7 Å². The van der Waals surface area contributed by atoms with Crippen LogP contribution < -0.4 is 5.32 Å². The van der Waals surface area contributed by atoms with E-state index in [1.54, 1.807) is 5.38 Å². The third-order valence-electron chi connectivity index (χ3n) is 3.48. The van der Waals surface area contributed by atoms with Crippen molar-refractivity contribution in [3.63, 3.8) is 0 Å². The van der Waals surface area contributed by atoms with Crippen LogP contribution in [0.1, 0.15) is 29.8 Å². The van der Waals surface area contributed by atoms with E-state index in [1.807, 2.05) is 11.4 Å². The molecule has 0 saturated heterocycles. The topological polar surface area (TPSA) is 79.3 Å². The van der Waals surface area contributed by atoms with Crippen molar-refractivity contribution >= 4 is 50.5 Å². The highest BCUT2D eigenvalue weighted by Gasteiger charge is 2.46. The van der Waals surface area contributed by atoms with Crippen molar-refractivity contribution < 1.29 is 14.7 Å². The summed E-state index contributed by atoms with van der Waals surface area (Å²) in [5, 5.41) is 16.2. The molecule has 3 rings (SSSR count). The second-order valence-corrected chi connectivity index (χ2v) is 7.55. The van der Waals surface area contributed by atoms with Gasteiger partial charge in [0, 0.05) is 15.2 Å². The maximum Gasteiger partial charge on any atom is 0.329 e. The Morgan fingerprint density at radius 1 is 1.33 bits per heavy atom. The number of nitrogens with one attached hydrogen (secondary N) is 1. The minimum absolute atomic E-state index is 0.270. The lowest BCUT2D eigenvalue weighted by atomic mass is 9.76. The summed E-state index contributed by atoms with van der Waals surface area (Å²) in [7, 11) is 0. The van der Waals surface area contributed by atoms with E-state index < -0.39 is 17.4 Å². The van der Waals surface area contributed by atoms with Crippen LogP contribution in [-0.2, 0) is 4.79 Å². The quantitative estimate of drug-likeness (QED) is 0.843. The number of carbonyl (C=O) groups is 2. The summed E-state index contributed by atoms with van der Waals surface area (Å²) in [6, 6.07) is 1.94. The van der Waals surface area contributed by atoms with Crippen molar-refractivity contribution in [3.8, 4) is 9.88 Å². The Morgan fingerprint density at radius 3 is 2.62 bits per heavy atom. The molecule has 2 heterocycles. The van der Waals surface area contributed by atoms with Crippen molar-refractivity contribution in [1.82, 2.24) is 10.3 Å². The van der Waals surface area contributed by atoms with Gasteiger partial charge in [-0.1, -0.05) is 0 Å². The molecule has 0 atom stereocenters. The van der Waals surface area contributed by atoms with Gasteiger partial charge in [-0.3, -0.25) is 4.79 Å². The van der Waals surface area contributed by atoms with Crippen LogP contribution in [0.25, 0.3) is 9.88 Å². The molecule has 1 saturated carbocycles. The van der Waals surface area contributed by atoms with Crippen LogP contribution in [0.15, 0.2) is 21.3 Å². The first-order valence-corrected chi connectivity index (χ1v) is 8.81. The summed E-state index contributed by atoms with van der Waals surface area (Å²) in [5.74, 6) is -1.39. The third kappa shape index (κ3) is 2.75. The lowest BCUT2D eigenvalue weighted by Crippen LogP contribution is -2.59. The van der Waals surface area contributed by atoms with Gasteiger partial charge in [0.2, 0.25) is 0 Å². The van der Waals surface area contributed by atoms with E-state index in [1.165, 1.54) is 22.7 Å². The zero-order chi connectivity index (χ0) is 15.0. The van der Waals surface area contributed by atoms with Crippen LogP contribution in [-0.4, -0.2) is 27.5 Å². The Bertz CT molecular complexity index is 706. The average molecular weight is 387 g/mol. The normalized spacial score (nSPS) is 16.2. The van der Waals surface area contributed by atoms with Crippen molar-refractivity contribution in [3.05, 3.63) is 27.0 Å². The highest BCUT2D eigenvalue weighted by atomic mass is 79.9. The van der Waals surface area contributed by atoms with Crippen molar-refractivity contribution in [2.45, 2.75) is 24.8 Å². The van der Waals surface area contributed by atoms with Crippen molar-refractivity contribution in [1.29, 1.82) is 0 Å². The fourth-order valence-electron chi connectivity index (χ4n) is 2.12. The summed E-state index contributed by atoms with van der Waals surface area (Å²) in [6.45, 7) is 0. The second-order valence-electron chi connectivity index (χ2n) is 4.86. The smallest absolute Gasteiger partial charge is 0.329 e. The molecule has 0 bridgehead atoms. The molecular weight excluding hydrogens is 376 g/mol. The van der Waals surface area contributed by atoms with E-state index in [0.717, 1.165) is 20.8 Å². The number of halogens is 1. The first-order chi connectivity index (χ1) is 10.00. The van der Waals surface area contributed by atoms with Gasteiger partial charge < -0.3 is 10.4 Å². The molecule has 0 aromatic carbocycles. The second kappa shape index (κ2) is 5.51. The predicted molar refractivity (Wildman–Crippen MR) is 84.8 cm³/mol. The molecule has 0 radical (unpaired) electrons. The number of carboxylic acid groups (broad SMARTS) is 1. The Kier molecular flexibility index (Phi) is 3.85. The lowest BCUT2D eigenvalue weighted by Gasteiger charge is -2.37. The highest BCUT2D eigenvalue weighted by Crippen LogP contribution is 2.34. The molecule has 0 unspecified atom stereocenters. The van der Waals surface area contributed by atoms with Crippen LogP contribution in [0.3, 0.4) is 0 Å². The lowest BCUT2D eigenvalue weighted by molar-refractivity contribution is -0.148. The number of rotatable bonds is 4. The summed E-state index contributed by atoms with van der Waals surface area (Å²) >= 11 is 6.29. The number of carboxylic acids is 1. The number of hydrogen-bond acceptors (Lipinski definition) is 5. The van der Waals surface area contributed by atoms with Gasteiger partial charge in [0.25, 0.3) is 5.91 Å². The van der Waals surface area contributed by atoms with Crippen LogP contribution in [0.4, 0.5) is 0 Å². The fraction of sp³-hybridized carbons (Fsp3) is 0.308. The number of hydrogen-bond donors (Lipinski definition) is 2. The third-order valence-corrected chi connectivity index (χ3v) is 6.19. The standard InChI is InChI=1S/C13H11BrN2O3S2/c14-7-4-9(20-5-7)11-15-8(6-21-11)10(17)16-13(12(18)19)2-1-3-13/h4-6H,1-3H2,(H,16,17)(H,18,19). The summed E-state index contributed by atoms with van der Waals surface area (Å²) < 4.78 is 0.975. The number of thiazole rings is 1. The van der Waals surface area contributed by atoms with E-state index in [-0.39, 0.29) is 5.69 Å². The molecular formula is C13H11BrN2O3S2. The molecule has 1 fully saturated rings. The van der Waals surface area contributed by atoms with Gasteiger partial charge in [0.15, 0.2) is 0 Å². The molecule has 110 valence electrons. The van der Waals surface area contributed by atoms with Gasteiger partial charge in [-0.05, 0) is 41.3 Å². The number of nitrogens with zero attached hydrogens (tertiary/aromatic N) is 1. The number of thiophene rings is 1. The van der Waals surface area contributed by atoms with Crippen LogP contribution >= 0.6 is 38.6 Å². The van der Waals surface area contributed by atoms with Crippen molar-refractivity contribution in [2.24, 2.45) is 0 Å². The molecule has 2 aromatic heterocycles. The van der Waals surface area contributed by atoms with E-state index in [4.69, 9.17) is 0 Å². The number of aliphatic carboxylic acids is 1. The van der Waals surface area contributed by atoms with Gasteiger partial charge in [-0.25, -0.2) is 9.78 Å². The van der Waals surface area contributed by atoms with Crippen LogP contribution in [0.5, 0.6) is 0 Å². The molecule has 2 aromatic rings. The molecule has 2 N–H and O–H groups in total. The molecule has 1 aliphatic carbocycles. The van der Waals surface area contributed by atoms with Gasteiger partial charge >= 0.3 is 5.97 Å². The number of carbonyl (C=O) groups excluding carboxylic acids is 1. The molecule has 0 spiro atoms.